The van der Waals surface area contributed by atoms with Crippen LogP contribution in [0.5, 0.6) is 0 Å². The molecular formula is C20H15N2O2+. The Morgan fingerprint density at radius 3 is 1.75 bits per heavy atom. The monoisotopic (exact) mass is 315 g/mol. The van der Waals surface area contributed by atoms with Crippen LogP contribution in [0.1, 0.15) is 20.7 Å². The molecule has 4 heteroatoms. The van der Waals surface area contributed by atoms with Crippen molar-refractivity contribution in [2.45, 2.75) is 6.67 Å². The van der Waals surface area contributed by atoms with Gasteiger partial charge in [0.15, 0.2) is 12.4 Å². The SMILES string of the molecule is O=C1c2ccccc2C(=O)N1C[n+]1ccc(-c2ccccc2)cc1. The molecule has 2 heterocycles. The number of carbonyl (C=O) groups is 2. The number of rotatable bonds is 3. The van der Waals surface area contributed by atoms with Crippen LogP contribution in [-0.4, -0.2) is 16.7 Å². The second-order valence-corrected chi connectivity index (χ2v) is 5.69. The number of carbonyl (C=O) groups excluding carboxylic acids is 2. The Morgan fingerprint density at radius 2 is 1.17 bits per heavy atom. The predicted molar refractivity (Wildman–Crippen MR) is 89.0 cm³/mol. The highest BCUT2D eigenvalue weighted by Gasteiger charge is 2.37. The summed E-state index contributed by atoms with van der Waals surface area (Å²) in [5.41, 5.74) is 3.17. The summed E-state index contributed by atoms with van der Waals surface area (Å²) in [7, 11) is 0. The number of benzene rings is 2. The third-order valence-electron chi connectivity index (χ3n) is 4.18. The molecule has 1 aliphatic heterocycles. The molecule has 0 N–H and O–H groups in total. The summed E-state index contributed by atoms with van der Waals surface area (Å²) in [4.78, 5) is 26.1. The second-order valence-electron chi connectivity index (χ2n) is 5.69. The fourth-order valence-corrected chi connectivity index (χ4v) is 2.91. The maximum absolute atomic E-state index is 12.4. The number of pyridine rings is 1. The second kappa shape index (κ2) is 5.74. The van der Waals surface area contributed by atoms with Crippen LogP contribution in [0, 0.1) is 0 Å². The summed E-state index contributed by atoms with van der Waals surface area (Å²) in [6, 6.07) is 21.0. The standard InChI is InChI=1S/C20H15N2O2/c23-19-17-8-4-5-9-18(17)20(24)22(19)14-21-12-10-16(11-13-21)15-6-2-1-3-7-15/h1-13H,14H2/q+1. The van der Waals surface area contributed by atoms with Crippen molar-refractivity contribution in [1.29, 1.82) is 0 Å². The molecule has 4 rings (SSSR count). The van der Waals surface area contributed by atoms with E-state index in [2.05, 4.69) is 0 Å². The van der Waals surface area contributed by atoms with Crippen LogP contribution in [0.15, 0.2) is 79.1 Å². The summed E-state index contributed by atoms with van der Waals surface area (Å²) in [6.45, 7) is 0.210. The Kier molecular flexibility index (Phi) is 3.43. The maximum atomic E-state index is 12.4. The number of aromatic nitrogens is 1. The molecule has 0 fully saturated rings. The van der Waals surface area contributed by atoms with Crippen LogP contribution < -0.4 is 4.57 Å². The Labute approximate surface area is 139 Å². The highest BCUT2D eigenvalue weighted by Crippen LogP contribution is 2.22. The quantitative estimate of drug-likeness (QED) is 0.551. The van der Waals surface area contributed by atoms with Gasteiger partial charge in [-0.2, -0.15) is 4.57 Å². The molecule has 0 bridgehead atoms. The number of hydrogen-bond acceptors (Lipinski definition) is 2. The normalized spacial score (nSPS) is 13.2. The molecule has 3 aromatic rings. The van der Waals surface area contributed by atoms with Crippen molar-refractivity contribution in [3.05, 3.63) is 90.3 Å². The molecule has 2 amide bonds. The highest BCUT2D eigenvalue weighted by molar-refractivity contribution is 6.21. The van der Waals surface area contributed by atoms with Gasteiger partial charge >= 0.3 is 0 Å². The van der Waals surface area contributed by atoms with Crippen molar-refractivity contribution in [3.8, 4) is 11.1 Å². The number of hydrogen-bond donors (Lipinski definition) is 0. The Hall–Kier alpha value is -3.27. The molecule has 0 saturated heterocycles. The van der Waals surface area contributed by atoms with Gasteiger partial charge in [-0.1, -0.05) is 42.5 Å². The summed E-state index contributed by atoms with van der Waals surface area (Å²) >= 11 is 0. The lowest BCUT2D eigenvalue weighted by Gasteiger charge is -2.09. The molecule has 0 unspecified atom stereocenters. The topological polar surface area (TPSA) is 41.3 Å². The third-order valence-corrected chi connectivity index (χ3v) is 4.18. The largest absolute Gasteiger partial charge is 0.268 e. The lowest BCUT2D eigenvalue weighted by molar-refractivity contribution is -0.709. The van der Waals surface area contributed by atoms with Gasteiger partial charge in [-0.3, -0.25) is 9.59 Å². The number of imide groups is 1. The van der Waals surface area contributed by atoms with Gasteiger partial charge in [0, 0.05) is 12.1 Å². The van der Waals surface area contributed by atoms with Crippen LogP contribution in [-0.2, 0) is 6.67 Å². The van der Waals surface area contributed by atoms with E-state index in [0.717, 1.165) is 11.1 Å². The maximum Gasteiger partial charge on any atom is 0.266 e. The average molecular weight is 315 g/mol. The molecule has 0 spiro atoms. The minimum atomic E-state index is -0.241. The molecule has 24 heavy (non-hydrogen) atoms. The minimum absolute atomic E-state index is 0.210. The minimum Gasteiger partial charge on any atom is -0.268 e. The van der Waals surface area contributed by atoms with E-state index < -0.39 is 0 Å². The van der Waals surface area contributed by atoms with Gasteiger partial charge < -0.3 is 0 Å². The summed E-state index contributed by atoms with van der Waals surface area (Å²) in [5.74, 6) is -0.481. The van der Waals surface area contributed by atoms with Gasteiger partial charge in [0.05, 0.1) is 11.1 Å². The zero-order chi connectivity index (χ0) is 16.5. The molecular weight excluding hydrogens is 300 g/mol. The number of nitrogens with zero attached hydrogens (tertiary/aromatic N) is 2. The highest BCUT2D eigenvalue weighted by atomic mass is 16.2. The molecule has 4 nitrogen and oxygen atoms in total. The molecule has 0 atom stereocenters. The van der Waals surface area contributed by atoms with E-state index in [1.54, 1.807) is 24.3 Å². The van der Waals surface area contributed by atoms with Crippen molar-refractivity contribution >= 4 is 11.8 Å². The van der Waals surface area contributed by atoms with E-state index in [-0.39, 0.29) is 18.5 Å². The van der Waals surface area contributed by atoms with Crippen LogP contribution in [0.3, 0.4) is 0 Å². The van der Waals surface area contributed by atoms with Gasteiger partial charge in [0.25, 0.3) is 11.8 Å². The first kappa shape index (κ1) is 14.3. The summed E-state index contributed by atoms with van der Waals surface area (Å²) < 4.78 is 1.83. The zero-order valence-electron chi connectivity index (χ0n) is 12.9. The van der Waals surface area contributed by atoms with Gasteiger partial charge in [0.2, 0.25) is 6.67 Å². The summed E-state index contributed by atoms with van der Waals surface area (Å²) in [6.07, 6.45) is 3.76. The molecule has 0 radical (unpaired) electrons. The lowest BCUT2D eigenvalue weighted by Crippen LogP contribution is -2.45. The van der Waals surface area contributed by atoms with Crippen molar-refractivity contribution in [1.82, 2.24) is 4.90 Å². The lowest BCUT2D eigenvalue weighted by atomic mass is 10.1. The first-order valence-corrected chi connectivity index (χ1v) is 7.74. The van der Waals surface area contributed by atoms with Gasteiger partial charge in [0.1, 0.15) is 0 Å². The number of fused-ring (bicyclic) bond motifs is 1. The summed E-state index contributed by atoms with van der Waals surface area (Å²) in [5, 5.41) is 0. The van der Waals surface area contributed by atoms with Gasteiger partial charge in [-0.25, -0.2) is 4.90 Å². The molecule has 2 aromatic carbocycles. The van der Waals surface area contributed by atoms with Crippen molar-refractivity contribution in [3.63, 3.8) is 0 Å². The van der Waals surface area contributed by atoms with Crippen LogP contribution in [0.25, 0.3) is 11.1 Å². The van der Waals surface area contributed by atoms with Gasteiger partial charge in [-0.05, 0) is 23.3 Å². The third kappa shape index (κ3) is 2.38. The van der Waals surface area contributed by atoms with Crippen LogP contribution in [0.4, 0.5) is 0 Å². The Balaban J connectivity index is 1.57. The fourth-order valence-electron chi connectivity index (χ4n) is 2.91. The van der Waals surface area contributed by atoms with E-state index in [9.17, 15) is 9.59 Å². The smallest absolute Gasteiger partial charge is 0.266 e. The van der Waals surface area contributed by atoms with E-state index >= 15 is 0 Å². The van der Waals surface area contributed by atoms with Crippen molar-refractivity contribution < 1.29 is 14.2 Å². The van der Waals surface area contributed by atoms with E-state index in [0.29, 0.717) is 11.1 Å². The van der Waals surface area contributed by atoms with E-state index in [1.165, 1.54) is 4.90 Å². The van der Waals surface area contributed by atoms with Crippen molar-refractivity contribution in [2.75, 3.05) is 0 Å². The molecule has 116 valence electrons. The Bertz CT molecular complexity index is 883. The predicted octanol–water partition coefficient (Wildman–Crippen LogP) is 2.89. The number of amides is 2. The van der Waals surface area contributed by atoms with E-state index in [4.69, 9.17) is 0 Å². The van der Waals surface area contributed by atoms with Crippen LogP contribution in [0.2, 0.25) is 0 Å². The first-order valence-electron chi connectivity index (χ1n) is 7.74. The van der Waals surface area contributed by atoms with Crippen molar-refractivity contribution in [2.24, 2.45) is 0 Å². The first-order chi connectivity index (χ1) is 11.7. The van der Waals surface area contributed by atoms with E-state index in [1.807, 2.05) is 59.4 Å². The van der Waals surface area contributed by atoms with Crippen LogP contribution >= 0.6 is 0 Å². The van der Waals surface area contributed by atoms with Gasteiger partial charge in [-0.15, -0.1) is 0 Å². The average Bonchev–Trinajstić information content (AvgIpc) is 2.88. The Morgan fingerprint density at radius 1 is 0.667 bits per heavy atom. The molecule has 0 saturated carbocycles. The zero-order valence-corrected chi connectivity index (χ0v) is 12.9. The molecule has 0 aliphatic carbocycles. The molecule has 1 aromatic heterocycles. The fraction of sp³-hybridized carbons (Fsp3) is 0.0500. The molecule has 1 aliphatic rings.